The van der Waals surface area contributed by atoms with E-state index in [1.54, 1.807) is 11.8 Å². The van der Waals surface area contributed by atoms with Gasteiger partial charge in [0.2, 0.25) is 5.95 Å². The van der Waals surface area contributed by atoms with Crippen molar-refractivity contribution in [3.8, 4) is 0 Å². The van der Waals surface area contributed by atoms with Crippen LogP contribution in [0.2, 0.25) is 0 Å². The highest BCUT2D eigenvalue weighted by molar-refractivity contribution is 7.98. The third-order valence-electron chi connectivity index (χ3n) is 4.90. The molecule has 1 aliphatic carbocycles. The average molecular weight is 389 g/mol. The van der Waals surface area contributed by atoms with E-state index in [2.05, 4.69) is 29.6 Å². The lowest BCUT2D eigenvalue weighted by Crippen LogP contribution is -2.31. The Morgan fingerprint density at radius 1 is 1.23 bits per heavy atom. The standard InChI is InChI=1S/C17H20N6OS2/c24-15-14-12(6-9-25-14)18-13(19-15)10-26-17-21-20-16(23(17)11-4-5-11)22-7-2-1-3-8-22/h6,9,11H,1-5,7-8,10H2,(H,18,19,24). The number of piperidine rings is 1. The van der Waals surface area contributed by atoms with Gasteiger partial charge in [-0.15, -0.1) is 21.5 Å². The molecule has 136 valence electrons. The summed E-state index contributed by atoms with van der Waals surface area (Å²) in [5, 5.41) is 11.8. The zero-order chi connectivity index (χ0) is 17.5. The van der Waals surface area contributed by atoms with Crippen LogP contribution in [0.4, 0.5) is 5.95 Å². The second-order valence-electron chi connectivity index (χ2n) is 6.87. The summed E-state index contributed by atoms with van der Waals surface area (Å²) < 4.78 is 2.99. The van der Waals surface area contributed by atoms with Crippen molar-refractivity contribution in [2.24, 2.45) is 0 Å². The van der Waals surface area contributed by atoms with Crippen LogP contribution in [0.25, 0.3) is 10.2 Å². The number of rotatable bonds is 5. The third kappa shape index (κ3) is 3.03. The molecule has 4 heterocycles. The fourth-order valence-corrected chi connectivity index (χ4v) is 5.05. The first-order chi connectivity index (χ1) is 12.8. The van der Waals surface area contributed by atoms with E-state index < -0.39 is 0 Å². The molecule has 0 amide bonds. The van der Waals surface area contributed by atoms with Crippen LogP contribution in [0, 0.1) is 0 Å². The zero-order valence-electron chi connectivity index (χ0n) is 14.3. The lowest BCUT2D eigenvalue weighted by Gasteiger charge is -2.27. The number of nitrogens with zero attached hydrogens (tertiary/aromatic N) is 5. The first-order valence-corrected chi connectivity index (χ1v) is 10.9. The van der Waals surface area contributed by atoms with Gasteiger partial charge in [-0.3, -0.25) is 9.36 Å². The van der Waals surface area contributed by atoms with Gasteiger partial charge in [0.05, 0.1) is 11.3 Å². The monoisotopic (exact) mass is 388 g/mol. The molecule has 7 nitrogen and oxygen atoms in total. The molecule has 0 atom stereocenters. The van der Waals surface area contributed by atoms with E-state index in [-0.39, 0.29) is 5.56 Å². The first-order valence-electron chi connectivity index (χ1n) is 9.08. The minimum absolute atomic E-state index is 0.0572. The summed E-state index contributed by atoms with van der Waals surface area (Å²) in [5.74, 6) is 2.30. The largest absolute Gasteiger partial charge is 0.341 e. The highest BCUT2D eigenvalue weighted by Gasteiger charge is 2.32. The third-order valence-corrected chi connectivity index (χ3v) is 6.76. The van der Waals surface area contributed by atoms with Gasteiger partial charge in [-0.2, -0.15) is 0 Å². The molecule has 3 aromatic rings. The fraction of sp³-hybridized carbons (Fsp3) is 0.529. The van der Waals surface area contributed by atoms with Crippen molar-refractivity contribution >= 4 is 39.3 Å². The lowest BCUT2D eigenvalue weighted by molar-refractivity contribution is 0.548. The summed E-state index contributed by atoms with van der Waals surface area (Å²) in [6, 6.07) is 2.42. The van der Waals surface area contributed by atoms with Gasteiger partial charge < -0.3 is 9.88 Å². The van der Waals surface area contributed by atoms with E-state index in [9.17, 15) is 4.79 Å². The SMILES string of the molecule is O=c1[nH]c(CSc2nnc(N3CCCCC3)n2C2CC2)nc2ccsc12. The van der Waals surface area contributed by atoms with E-state index in [1.807, 2.05) is 11.4 Å². The van der Waals surface area contributed by atoms with Gasteiger partial charge >= 0.3 is 0 Å². The predicted octanol–water partition coefficient (Wildman–Crippen LogP) is 3.19. The van der Waals surface area contributed by atoms with Crippen molar-refractivity contribution in [3.63, 3.8) is 0 Å². The normalized spacial score (nSPS) is 17.9. The molecule has 9 heteroatoms. The molecule has 26 heavy (non-hydrogen) atoms. The van der Waals surface area contributed by atoms with Crippen molar-refractivity contribution in [2.75, 3.05) is 18.0 Å². The molecular weight excluding hydrogens is 368 g/mol. The number of thioether (sulfide) groups is 1. The molecule has 1 saturated carbocycles. The summed E-state index contributed by atoms with van der Waals surface area (Å²) in [4.78, 5) is 22.0. The Bertz CT molecular complexity index is 983. The Morgan fingerprint density at radius 3 is 2.88 bits per heavy atom. The Balaban J connectivity index is 1.39. The van der Waals surface area contributed by atoms with Crippen LogP contribution in [0.15, 0.2) is 21.4 Å². The minimum Gasteiger partial charge on any atom is -0.341 e. The maximum Gasteiger partial charge on any atom is 0.268 e. The van der Waals surface area contributed by atoms with Crippen LogP contribution in [0.5, 0.6) is 0 Å². The van der Waals surface area contributed by atoms with Gasteiger partial charge in [-0.1, -0.05) is 11.8 Å². The second kappa shape index (κ2) is 6.70. The van der Waals surface area contributed by atoms with Crippen LogP contribution >= 0.6 is 23.1 Å². The van der Waals surface area contributed by atoms with E-state index >= 15 is 0 Å². The van der Waals surface area contributed by atoms with Crippen LogP contribution in [-0.4, -0.2) is 37.8 Å². The number of thiophene rings is 1. The number of anilines is 1. The van der Waals surface area contributed by atoms with Crippen molar-refractivity contribution in [3.05, 3.63) is 27.6 Å². The Kier molecular flexibility index (Phi) is 4.20. The Labute approximate surface area is 158 Å². The highest BCUT2D eigenvalue weighted by Crippen LogP contribution is 2.41. The number of hydrogen-bond acceptors (Lipinski definition) is 7. The molecule has 0 bridgehead atoms. The topological polar surface area (TPSA) is 79.7 Å². The van der Waals surface area contributed by atoms with Gasteiger partial charge in [0.25, 0.3) is 5.56 Å². The van der Waals surface area contributed by atoms with Crippen molar-refractivity contribution in [1.29, 1.82) is 0 Å². The van der Waals surface area contributed by atoms with E-state index in [0.717, 1.165) is 29.7 Å². The Hall–Kier alpha value is -1.87. The number of fused-ring (bicyclic) bond motifs is 1. The summed E-state index contributed by atoms with van der Waals surface area (Å²) in [6.07, 6.45) is 6.15. The molecule has 2 aliphatic rings. The molecule has 0 unspecified atom stereocenters. The van der Waals surface area contributed by atoms with Crippen molar-refractivity contribution < 1.29 is 0 Å². The lowest BCUT2D eigenvalue weighted by atomic mass is 10.1. The number of aromatic nitrogens is 5. The van der Waals surface area contributed by atoms with Gasteiger partial charge in [-0.05, 0) is 43.6 Å². The fourth-order valence-electron chi connectivity index (χ4n) is 3.45. The Morgan fingerprint density at radius 2 is 2.08 bits per heavy atom. The number of aromatic amines is 1. The molecule has 3 aromatic heterocycles. The van der Waals surface area contributed by atoms with Gasteiger partial charge in [0.15, 0.2) is 5.16 Å². The minimum atomic E-state index is -0.0572. The average Bonchev–Trinajstić information content (AvgIpc) is 3.23. The van der Waals surface area contributed by atoms with Gasteiger partial charge in [-0.25, -0.2) is 4.98 Å². The van der Waals surface area contributed by atoms with Gasteiger partial charge in [0, 0.05) is 19.1 Å². The van der Waals surface area contributed by atoms with Crippen LogP contribution in [-0.2, 0) is 5.75 Å². The van der Waals surface area contributed by atoms with Crippen LogP contribution < -0.4 is 10.5 Å². The summed E-state index contributed by atoms with van der Waals surface area (Å²) in [5.41, 5.74) is 0.713. The molecule has 1 N–H and O–H groups in total. The first kappa shape index (κ1) is 16.3. The van der Waals surface area contributed by atoms with E-state index in [1.165, 1.54) is 43.4 Å². The highest BCUT2D eigenvalue weighted by atomic mass is 32.2. The van der Waals surface area contributed by atoms with Crippen molar-refractivity contribution in [1.82, 2.24) is 24.7 Å². The summed E-state index contributed by atoms with van der Waals surface area (Å²) in [7, 11) is 0. The van der Waals surface area contributed by atoms with Crippen LogP contribution in [0.1, 0.15) is 44.0 Å². The smallest absolute Gasteiger partial charge is 0.268 e. The molecule has 0 spiro atoms. The summed E-state index contributed by atoms with van der Waals surface area (Å²) >= 11 is 3.03. The second-order valence-corrected chi connectivity index (χ2v) is 8.73. The van der Waals surface area contributed by atoms with E-state index in [0.29, 0.717) is 22.3 Å². The van der Waals surface area contributed by atoms with Gasteiger partial charge in [0.1, 0.15) is 10.5 Å². The molecule has 5 rings (SSSR count). The number of hydrogen-bond donors (Lipinski definition) is 1. The van der Waals surface area contributed by atoms with Crippen LogP contribution in [0.3, 0.4) is 0 Å². The molecular formula is C17H20N6OS2. The zero-order valence-corrected chi connectivity index (χ0v) is 16.0. The summed E-state index contributed by atoms with van der Waals surface area (Å²) in [6.45, 7) is 2.14. The quantitative estimate of drug-likeness (QED) is 0.676. The molecule has 0 radical (unpaired) electrons. The molecule has 1 aliphatic heterocycles. The maximum absolute atomic E-state index is 12.1. The van der Waals surface area contributed by atoms with E-state index in [4.69, 9.17) is 0 Å². The maximum atomic E-state index is 12.1. The number of nitrogens with one attached hydrogen (secondary N) is 1. The van der Waals surface area contributed by atoms with Crippen molar-refractivity contribution in [2.45, 2.75) is 49.1 Å². The predicted molar refractivity (Wildman–Crippen MR) is 104 cm³/mol. The molecule has 1 saturated heterocycles. The molecule has 2 fully saturated rings. The number of H-pyrrole nitrogens is 1. The molecule has 0 aromatic carbocycles.